The van der Waals surface area contributed by atoms with E-state index >= 15 is 0 Å². The van der Waals surface area contributed by atoms with Crippen LogP contribution in [0.3, 0.4) is 0 Å². The Morgan fingerprint density at radius 1 is 1.07 bits per heavy atom. The van der Waals surface area contributed by atoms with E-state index in [2.05, 4.69) is 10.3 Å². The zero-order chi connectivity index (χ0) is 21.4. The fourth-order valence-corrected chi connectivity index (χ4v) is 3.28. The monoisotopic (exact) mass is 421 g/mol. The molecule has 0 bridgehead atoms. The minimum atomic E-state index is -0.474. The molecule has 0 spiro atoms. The van der Waals surface area contributed by atoms with Crippen molar-refractivity contribution >= 4 is 40.0 Å². The largest absolute Gasteiger partial charge is 0.436 e. The molecule has 8 heteroatoms. The van der Waals surface area contributed by atoms with E-state index in [1.54, 1.807) is 31.2 Å². The van der Waals surface area contributed by atoms with Crippen molar-refractivity contribution in [2.24, 2.45) is 0 Å². The lowest BCUT2D eigenvalue weighted by molar-refractivity contribution is -0.385. The standard InChI is InChI=1S/C22H16ClN3O4/c1-12-3-4-15(22-25-18-11-16(23)6-8-20(18)30-22)10-17(12)24-21(27)14-5-7-19(26(28)29)13(2)9-14/h3-11H,1-2H3,(H,24,27). The Balaban J connectivity index is 1.64. The van der Waals surface area contributed by atoms with E-state index in [1.165, 1.54) is 18.2 Å². The summed E-state index contributed by atoms with van der Waals surface area (Å²) in [6.45, 7) is 3.46. The summed E-state index contributed by atoms with van der Waals surface area (Å²) in [7, 11) is 0. The van der Waals surface area contributed by atoms with Crippen molar-refractivity contribution in [1.82, 2.24) is 4.98 Å². The van der Waals surface area contributed by atoms with Crippen molar-refractivity contribution < 1.29 is 14.1 Å². The number of oxazole rings is 1. The van der Waals surface area contributed by atoms with Gasteiger partial charge in [-0.05, 0) is 61.9 Å². The Labute approximate surface area is 176 Å². The zero-order valence-electron chi connectivity index (χ0n) is 16.1. The summed E-state index contributed by atoms with van der Waals surface area (Å²) in [5.74, 6) is 0.0477. The summed E-state index contributed by atoms with van der Waals surface area (Å²) in [4.78, 5) is 27.7. The molecule has 1 heterocycles. The van der Waals surface area contributed by atoms with Gasteiger partial charge in [0.2, 0.25) is 5.89 Å². The van der Waals surface area contributed by atoms with Crippen LogP contribution in [-0.2, 0) is 0 Å². The second kappa shape index (κ2) is 7.61. The molecule has 0 aliphatic heterocycles. The third-order valence-electron chi connectivity index (χ3n) is 4.74. The van der Waals surface area contributed by atoms with Gasteiger partial charge >= 0.3 is 0 Å². The number of anilines is 1. The molecular weight excluding hydrogens is 406 g/mol. The van der Waals surface area contributed by atoms with Gasteiger partial charge in [0.15, 0.2) is 5.58 Å². The van der Waals surface area contributed by atoms with Gasteiger partial charge in [-0.25, -0.2) is 4.98 Å². The van der Waals surface area contributed by atoms with Crippen LogP contribution in [0.5, 0.6) is 0 Å². The highest BCUT2D eigenvalue weighted by atomic mass is 35.5. The molecule has 0 atom stereocenters. The van der Waals surface area contributed by atoms with Gasteiger partial charge in [0.25, 0.3) is 11.6 Å². The molecule has 0 aliphatic carbocycles. The number of aromatic nitrogens is 1. The van der Waals surface area contributed by atoms with Crippen LogP contribution < -0.4 is 5.32 Å². The van der Waals surface area contributed by atoms with E-state index in [1.807, 2.05) is 19.1 Å². The third-order valence-corrected chi connectivity index (χ3v) is 4.97. The van der Waals surface area contributed by atoms with Crippen LogP contribution in [-0.4, -0.2) is 15.8 Å². The van der Waals surface area contributed by atoms with E-state index < -0.39 is 4.92 Å². The molecule has 0 fully saturated rings. The number of nitrogens with one attached hydrogen (secondary N) is 1. The number of hydrogen-bond donors (Lipinski definition) is 1. The topological polar surface area (TPSA) is 98.3 Å². The molecule has 0 saturated carbocycles. The Hall–Kier alpha value is -3.71. The molecule has 4 rings (SSSR count). The number of benzene rings is 3. The lowest BCUT2D eigenvalue weighted by atomic mass is 10.1. The second-order valence-corrected chi connectivity index (χ2v) is 7.31. The third kappa shape index (κ3) is 3.75. The molecule has 0 saturated heterocycles. The van der Waals surface area contributed by atoms with Gasteiger partial charge in [-0.3, -0.25) is 14.9 Å². The highest BCUT2D eigenvalue weighted by Gasteiger charge is 2.16. The molecule has 1 N–H and O–H groups in total. The number of nitro benzene ring substituents is 1. The molecule has 0 aliphatic rings. The molecule has 0 unspecified atom stereocenters. The van der Waals surface area contributed by atoms with Crippen LogP contribution in [0.4, 0.5) is 11.4 Å². The summed E-state index contributed by atoms with van der Waals surface area (Å²) in [6, 6.07) is 14.9. The molecule has 4 aromatic rings. The fourth-order valence-electron chi connectivity index (χ4n) is 3.11. The van der Waals surface area contributed by atoms with Crippen molar-refractivity contribution in [1.29, 1.82) is 0 Å². The zero-order valence-corrected chi connectivity index (χ0v) is 16.9. The van der Waals surface area contributed by atoms with Gasteiger partial charge < -0.3 is 9.73 Å². The quantitative estimate of drug-likeness (QED) is 0.325. The van der Waals surface area contributed by atoms with E-state index in [9.17, 15) is 14.9 Å². The minimum Gasteiger partial charge on any atom is -0.436 e. The van der Waals surface area contributed by atoms with Gasteiger partial charge in [-0.2, -0.15) is 0 Å². The molecule has 30 heavy (non-hydrogen) atoms. The first-order valence-corrected chi connectivity index (χ1v) is 9.43. The molecule has 7 nitrogen and oxygen atoms in total. The van der Waals surface area contributed by atoms with Crippen LogP contribution in [0.25, 0.3) is 22.6 Å². The van der Waals surface area contributed by atoms with Crippen molar-refractivity contribution in [3.63, 3.8) is 0 Å². The number of nitro groups is 1. The minimum absolute atomic E-state index is 0.0270. The highest BCUT2D eigenvalue weighted by Crippen LogP contribution is 2.29. The Morgan fingerprint density at radius 3 is 2.60 bits per heavy atom. The number of nitrogens with zero attached hydrogens (tertiary/aromatic N) is 2. The first kappa shape index (κ1) is 19.6. The lowest BCUT2D eigenvalue weighted by Gasteiger charge is -2.10. The van der Waals surface area contributed by atoms with Crippen molar-refractivity contribution in [2.75, 3.05) is 5.32 Å². The van der Waals surface area contributed by atoms with Gasteiger partial charge in [-0.1, -0.05) is 17.7 Å². The average molecular weight is 422 g/mol. The average Bonchev–Trinajstić information content (AvgIpc) is 3.12. The predicted molar refractivity (Wildman–Crippen MR) is 115 cm³/mol. The second-order valence-electron chi connectivity index (χ2n) is 6.87. The molecule has 1 amide bonds. The summed E-state index contributed by atoms with van der Waals surface area (Å²) in [6.07, 6.45) is 0. The smallest absolute Gasteiger partial charge is 0.272 e. The van der Waals surface area contributed by atoms with E-state index in [0.717, 1.165) is 5.56 Å². The van der Waals surface area contributed by atoms with Crippen LogP contribution in [0.1, 0.15) is 21.5 Å². The van der Waals surface area contributed by atoms with Crippen LogP contribution in [0, 0.1) is 24.0 Å². The number of fused-ring (bicyclic) bond motifs is 1. The Kier molecular flexibility index (Phi) is 4.97. The highest BCUT2D eigenvalue weighted by molar-refractivity contribution is 6.31. The molecule has 1 aromatic heterocycles. The van der Waals surface area contributed by atoms with Crippen molar-refractivity contribution in [3.8, 4) is 11.5 Å². The summed E-state index contributed by atoms with van der Waals surface area (Å²) in [5, 5.41) is 14.4. The molecule has 150 valence electrons. The maximum atomic E-state index is 12.7. The van der Waals surface area contributed by atoms with Gasteiger partial charge in [-0.15, -0.1) is 0 Å². The van der Waals surface area contributed by atoms with Crippen LogP contribution in [0.2, 0.25) is 5.02 Å². The van der Waals surface area contributed by atoms with Gasteiger partial charge in [0.05, 0.1) is 4.92 Å². The number of rotatable bonds is 4. The normalized spacial score (nSPS) is 10.9. The van der Waals surface area contributed by atoms with E-state index in [4.69, 9.17) is 16.0 Å². The fraction of sp³-hybridized carbons (Fsp3) is 0.0909. The Bertz CT molecular complexity index is 1310. The van der Waals surface area contributed by atoms with E-state index in [0.29, 0.717) is 44.4 Å². The maximum absolute atomic E-state index is 12.7. The number of halogens is 1. The number of carbonyl (C=O) groups is 1. The van der Waals surface area contributed by atoms with Crippen molar-refractivity contribution in [3.05, 3.63) is 86.4 Å². The SMILES string of the molecule is Cc1ccc(-c2nc3cc(Cl)ccc3o2)cc1NC(=O)c1ccc([N+](=O)[O-])c(C)c1. The van der Waals surface area contributed by atoms with Gasteiger partial charge in [0, 0.05) is 33.5 Å². The number of hydrogen-bond acceptors (Lipinski definition) is 5. The predicted octanol–water partition coefficient (Wildman–Crippen LogP) is 5.93. The number of amides is 1. The summed E-state index contributed by atoms with van der Waals surface area (Å²) < 4.78 is 5.80. The first-order chi connectivity index (χ1) is 14.3. The number of aryl methyl sites for hydroxylation is 2. The summed E-state index contributed by atoms with van der Waals surface area (Å²) >= 11 is 6.01. The first-order valence-electron chi connectivity index (χ1n) is 9.05. The Morgan fingerprint density at radius 2 is 1.87 bits per heavy atom. The van der Waals surface area contributed by atoms with Crippen molar-refractivity contribution in [2.45, 2.75) is 13.8 Å². The lowest BCUT2D eigenvalue weighted by Crippen LogP contribution is -2.13. The van der Waals surface area contributed by atoms with Gasteiger partial charge in [0.1, 0.15) is 5.52 Å². The maximum Gasteiger partial charge on any atom is 0.272 e. The summed E-state index contributed by atoms with van der Waals surface area (Å²) in [5.41, 5.74) is 4.12. The van der Waals surface area contributed by atoms with E-state index in [-0.39, 0.29) is 11.6 Å². The molecular formula is C22H16ClN3O4. The molecule has 3 aromatic carbocycles. The van der Waals surface area contributed by atoms with Crippen LogP contribution >= 0.6 is 11.6 Å². The molecule has 0 radical (unpaired) electrons. The van der Waals surface area contributed by atoms with Crippen LogP contribution in [0.15, 0.2) is 59.0 Å². The number of carbonyl (C=O) groups excluding carboxylic acids is 1.